The average Bonchev–Trinajstić information content (AvgIpc) is 3.27. The van der Waals surface area contributed by atoms with Gasteiger partial charge in [0.25, 0.3) is 0 Å². The van der Waals surface area contributed by atoms with Crippen molar-refractivity contribution in [1.82, 2.24) is 4.57 Å². The van der Waals surface area contributed by atoms with E-state index in [0.29, 0.717) is 10.6 Å². The minimum Gasteiger partial charge on any atom is -0.477 e. The van der Waals surface area contributed by atoms with Crippen LogP contribution in [0.2, 0.25) is 5.02 Å². The quantitative estimate of drug-likeness (QED) is 0.396. The van der Waals surface area contributed by atoms with Gasteiger partial charge in [-0.2, -0.15) is 0 Å². The lowest BCUT2D eigenvalue weighted by molar-refractivity contribution is 0.0687. The highest BCUT2D eigenvalue weighted by Crippen LogP contribution is 2.42. The van der Waals surface area contributed by atoms with Crippen LogP contribution in [0, 0.1) is 0 Å². The molecule has 1 N–H and O–H groups in total. The third-order valence-electron chi connectivity index (χ3n) is 4.24. The molecule has 2 heterocycles. The van der Waals surface area contributed by atoms with Crippen molar-refractivity contribution in [3.63, 3.8) is 0 Å². The molecular weight excluding hydrogens is 389 g/mol. The third-order valence-corrected chi connectivity index (χ3v) is 5.81. The van der Waals surface area contributed by atoms with Gasteiger partial charge in [-0.25, -0.2) is 4.79 Å². The molecule has 4 aromatic rings. The molecule has 0 aliphatic rings. The summed E-state index contributed by atoms with van der Waals surface area (Å²) in [7, 11) is 0. The fourth-order valence-electron chi connectivity index (χ4n) is 3.16. The van der Waals surface area contributed by atoms with Crippen molar-refractivity contribution >= 4 is 51.4 Å². The average molecular weight is 402 g/mol. The number of nitrogens with zero attached hydrogens (tertiary/aromatic N) is 1. The zero-order valence-electron chi connectivity index (χ0n) is 13.4. The smallest absolute Gasteiger partial charge is 0.353 e. The first-order valence-corrected chi connectivity index (χ1v) is 9.57. The highest BCUT2D eigenvalue weighted by Gasteiger charge is 2.28. The second-order valence-electron chi connectivity index (χ2n) is 5.78. The van der Waals surface area contributed by atoms with Crippen LogP contribution in [-0.2, 0) is 0 Å². The number of aromatic nitrogens is 1. The summed E-state index contributed by atoms with van der Waals surface area (Å²) in [6, 6.07) is 18.6. The van der Waals surface area contributed by atoms with E-state index in [0.717, 1.165) is 21.3 Å². The summed E-state index contributed by atoms with van der Waals surface area (Å²) < 4.78 is 1.67. The van der Waals surface area contributed by atoms with Crippen LogP contribution < -0.4 is 0 Å². The summed E-state index contributed by atoms with van der Waals surface area (Å²) in [6.45, 7) is 0. The van der Waals surface area contributed by atoms with Gasteiger partial charge in [0.1, 0.15) is 11.2 Å². The number of rotatable bonds is 4. The van der Waals surface area contributed by atoms with Crippen LogP contribution in [0.3, 0.4) is 0 Å². The van der Waals surface area contributed by atoms with Gasteiger partial charge in [-0.3, -0.25) is 0 Å². The maximum Gasteiger partial charge on any atom is 0.353 e. The highest BCUT2D eigenvalue weighted by molar-refractivity contribution is 7.13. The molecule has 0 spiro atoms. The maximum atomic E-state index is 12.2. The van der Waals surface area contributed by atoms with Gasteiger partial charge < -0.3 is 9.67 Å². The predicted molar refractivity (Wildman–Crippen MR) is 108 cm³/mol. The van der Waals surface area contributed by atoms with Crippen molar-refractivity contribution in [2.24, 2.45) is 0 Å². The van der Waals surface area contributed by atoms with Gasteiger partial charge in [0.15, 0.2) is 0 Å². The van der Waals surface area contributed by atoms with Crippen LogP contribution >= 0.6 is 34.5 Å². The molecule has 0 saturated heterocycles. The lowest BCUT2D eigenvalue weighted by Gasteiger charge is -2.16. The number of alkyl halides is 1. The first kappa shape index (κ1) is 17.2. The topological polar surface area (TPSA) is 42.2 Å². The van der Waals surface area contributed by atoms with Gasteiger partial charge in [0, 0.05) is 20.8 Å². The number of hydrogen-bond acceptors (Lipinski definition) is 2. The van der Waals surface area contributed by atoms with E-state index < -0.39 is 11.5 Å². The molecule has 1 atom stereocenters. The zero-order chi connectivity index (χ0) is 18.3. The summed E-state index contributed by atoms with van der Waals surface area (Å²) in [6.07, 6.45) is 0. The Bertz CT molecular complexity index is 1090. The standard InChI is InChI=1S/C20H13Cl2NO2S/c21-13-8-9-15-14(11-13)17(16-7-4-10-26-16)18(20(24)25)23(15)19(22)12-5-2-1-3-6-12/h1-11,19H,(H,24,25). The Hall–Kier alpha value is -2.27. The molecule has 0 fully saturated rings. The van der Waals surface area contributed by atoms with Crippen molar-refractivity contribution in [2.45, 2.75) is 5.50 Å². The van der Waals surface area contributed by atoms with Crippen LogP contribution in [0.15, 0.2) is 66.0 Å². The number of halogens is 2. The number of thiophene rings is 1. The van der Waals surface area contributed by atoms with Crippen LogP contribution in [0.1, 0.15) is 21.6 Å². The van der Waals surface area contributed by atoms with Crippen LogP contribution in [0.5, 0.6) is 0 Å². The lowest BCUT2D eigenvalue weighted by atomic mass is 10.1. The molecule has 0 saturated carbocycles. The molecule has 1 unspecified atom stereocenters. The first-order chi connectivity index (χ1) is 12.6. The predicted octanol–water partition coefficient (Wildman–Crippen LogP) is 6.51. The molecule has 6 heteroatoms. The fourth-order valence-corrected chi connectivity index (χ4v) is 4.47. The number of carboxylic acids is 1. The largest absolute Gasteiger partial charge is 0.477 e. The minimum absolute atomic E-state index is 0.161. The second kappa shape index (κ2) is 6.80. The molecule has 0 amide bonds. The van der Waals surface area contributed by atoms with E-state index >= 15 is 0 Å². The Morgan fingerprint density at radius 3 is 2.50 bits per heavy atom. The first-order valence-electron chi connectivity index (χ1n) is 7.87. The summed E-state index contributed by atoms with van der Waals surface area (Å²) in [5.74, 6) is -1.03. The maximum absolute atomic E-state index is 12.2. The number of fused-ring (bicyclic) bond motifs is 1. The number of benzene rings is 2. The number of carboxylic acid groups (broad SMARTS) is 1. The zero-order valence-corrected chi connectivity index (χ0v) is 15.7. The summed E-state index contributed by atoms with van der Waals surface area (Å²) in [5.41, 5.74) is 1.71. The molecule has 2 aromatic heterocycles. The van der Waals surface area contributed by atoms with Gasteiger partial charge in [0.05, 0.1) is 5.52 Å². The molecule has 26 heavy (non-hydrogen) atoms. The molecule has 0 radical (unpaired) electrons. The normalized spacial score (nSPS) is 12.4. The van der Waals surface area contributed by atoms with Crippen LogP contribution in [-0.4, -0.2) is 15.6 Å². The van der Waals surface area contributed by atoms with Crippen molar-refractivity contribution < 1.29 is 9.90 Å². The van der Waals surface area contributed by atoms with Crippen molar-refractivity contribution in [1.29, 1.82) is 0 Å². The van der Waals surface area contributed by atoms with Gasteiger partial charge in [-0.1, -0.05) is 59.6 Å². The van der Waals surface area contributed by atoms with Gasteiger partial charge in [0.2, 0.25) is 0 Å². The molecule has 130 valence electrons. The number of aromatic carboxylic acids is 1. The Morgan fingerprint density at radius 2 is 1.85 bits per heavy atom. The minimum atomic E-state index is -1.03. The number of hydrogen-bond donors (Lipinski definition) is 1. The molecule has 0 aliphatic heterocycles. The summed E-state index contributed by atoms with van der Waals surface area (Å²) >= 11 is 14.4. The van der Waals surface area contributed by atoms with E-state index in [1.54, 1.807) is 16.7 Å². The van der Waals surface area contributed by atoms with E-state index in [1.165, 1.54) is 11.3 Å². The van der Waals surface area contributed by atoms with Crippen molar-refractivity contribution in [2.75, 3.05) is 0 Å². The van der Waals surface area contributed by atoms with E-state index in [-0.39, 0.29) is 5.69 Å². The summed E-state index contributed by atoms with van der Waals surface area (Å²) in [4.78, 5) is 13.1. The third kappa shape index (κ3) is 2.80. The van der Waals surface area contributed by atoms with E-state index in [2.05, 4.69) is 0 Å². The Balaban J connectivity index is 2.10. The Labute approximate surface area is 164 Å². The molecular formula is C20H13Cl2NO2S. The van der Waals surface area contributed by atoms with Crippen LogP contribution in [0.4, 0.5) is 0 Å². The second-order valence-corrected chi connectivity index (χ2v) is 7.58. The fraction of sp³-hybridized carbons (Fsp3) is 0.0500. The lowest BCUT2D eigenvalue weighted by Crippen LogP contribution is -2.13. The highest BCUT2D eigenvalue weighted by atomic mass is 35.5. The van der Waals surface area contributed by atoms with Crippen molar-refractivity contribution in [3.8, 4) is 10.4 Å². The van der Waals surface area contributed by atoms with Gasteiger partial charge in [-0.05, 0) is 35.2 Å². The SMILES string of the molecule is O=C(O)c1c(-c2cccs2)c2cc(Cl)ccc2n1C(Cl)c1ccccc1. The number of carbonyl (C=O) groups is 1. The van der Waals surface area contributed by atoms with Crippen molar-refractivity contribution in [3.05, 3.63) is 82.3 Å². The monoisotopic (exact) mass is 401 g/mol. The van der Waals surface area contributed by atoms with Gasteiger partial charge in [-0.15, -0.1) is 11.3 Å². The van der Waals surface area contributed by atoms with Crippen LogP contribution in [0.25, 0.3) is 21.3 Å². The molecule has 0 aliphatic carbocycles. The Kier molecular flexibility index (Phi) is 4.49. The van der Waals surface area contributed by atoms with Gasteiger partial charge >= 0.3 is 5.97 Å². The Morgan fingerprint density at radius 1 is 1.08 bits per heavy atom. The molecule has 4 rings (SSSR count). The van der Waals surface area contributed by atoms with E-state index in [1.807, 2.05) is 53.9 Å². The van der Waals surface area contributed by atoms with E-state index in [4.69, 9.17) is 23.2 Å². The molecule has 2 aromatic carbocycles. The van der Waals surface area contributed by atoms with E-state index in [9.17, 15) is 9.90 Å². The molecule has 0 bridgehead atoms. The molecule has 3 nitrogen and oxygen atoms in total. The summed E-state index contributed by atoms with van der Waals surface area (Å²) in [5, 5.41) is 13.3.